The molecule has 1 fully saturated rings. The lowest BCUT2D eigenvalue weighted by atomic mass is 9.92. The van der Waals surface area contributed by atoms with Gasteiger partial charge in [-0.2, -0.15) is 5.10 Å². The molecule has 4 amide bonds. The van der Waals surface area contributed by atoms with Crippen molar-refractivity contribution in [2.24, 2.45) is 0 Å². The molecule has 1 aromatic heterocycles. The zero-order chi connectivity index (χ0) is 20.2. The molecule has 8 nitrogen and oxygen atoms in total. The number of aromatic amines is 1. The van der Waals surface area contributed by atoms with Gasteiger partial charge in [-0.3, -0.25) is 19.6 Å². The highest BCUT2D eigenvalue weighted by Gasteiger charge is 2.55. The monoisotopic (exact) mass is 393 g/mol. The molecule has 2 heterocycles. The average molecular weight is 393 g/mol. The molecule has 0 saturated carbocycles. The third kappa shape index (κ3) is 2.58. The van der Waals surface area contributed by atoms with E-state index >= 15 is 0 Å². The number of carbonyl (C=O) groups excluding carboxylic acids is 3. The van der Waals surface area contributed by atoms with Crippen LogP contribution in [-0.2, 0) is 21.5 Å². The van der Waals surface area contributed by atoms with Gasteiger partial charge in [-0.15, -0.1) is 0 Å². The van der Waals surface area contributed by atoms with Crippen molar-refractivity contribution >= 4 is 34.6 Å². The largest absolute Gasteiger partial charge is 0.325 e. The Morgan fingerprint density at radius 3 is 2.93 bits per heavy atom. The van der Waals surface area contributed by atoms with Crippen molar-refractivity contribution in [1.82, 2.24) is 20.4 Å². The van der Waals surface area contributed by atoms with E-state index in [0.29, 0.717) is 23.7 Å². The van der Waals surface area contributed by atoms with Gasteiger partial charge < -0.3 is 10.6 Å². The number of carbonyl (C=O) groups is 3. The number of amides is 4. The Morgan fingerprint density at radius 2 is 2.07 bits per heavy atom. The number of aryl methyl sites for hydroxylation is 1. The molecule has 1 atom stereocenters. The molecule has 9 heteroatoms. The molecule has 1 spiro atoms. The number of H-pyrrole nitrogens is 1. The van der Waals surface area contributed by atoms with Crippen LogP contribution in [0.4, 0.5) is 15.0 Å². The zero-order valence-corrected chi connectivity index (χ0v) is 15.2. The average Bonchev–Trinajstić information content (AvgIpc) is 3.34. The summed E-state index contributed by atoms with van der Waals surface area (Å²) < 4.78 is 13.3. The van der Waals surface area contributed by atoms with Crippen LogP contribution in [0.25, 0.3) is 10.9 Å². The number of imide groups is 1. The SMILES string of the molecule is O=C(CN1C(=O)NC2(CCc3ccccc32)C1=O)Nc1n[nH]c2cc(F)ccc12. The quantitative estimate of drug-likeness (QED) is 0.592. The summed E-state index contributed by atoms with van der Waals surface area (Å²) in [5.41, 5.74) is 1.12. The lowest BCUT2D eigenvalue weighted by Crippen LogP contribution is -2.43. The van der Waals surface area contributed by atoms with Crippen LogP contribution in [-0.4, -0.2) is 39.5 Å². The predicted octanol–water partition coefficient (Wildman–Crippen LogP) is 2.03. The van der Waals surface area contributed by atoms with Crippen LogP contribution in [0.1, 0.15) is 17.5 Å². The van der Waals surface area contributed by atoms with Crippen molar-refractivity contribution in [2.75, 3.05) is 11.9 Å². The molecule has 146 valence electrons. The van der Waals surface area contributed by atoms with Gasteiger partial charge in [0.25, 0.3) is 5.91 Å². The molecule has 3 N–H and O–H groups in total. The minimum Gasteiger partial charge on any atom is -0.319 e. The molecule has 0 bridgehead atoms. The van der Waals surface area contributed by atoms with Crippen molar-refractivity contribution in [3.05, 3.63) is 59.4 Å². The lowest BCUT2D eigenvalue weighted by Gasteiger charge is -2.22. The van der Waals surface area contributed by atoms with Crippen LogP contribution in [0.2, 0.25) is 0 Å². The number of fused-ring (bicyclic) bond motifs is 3. The first-order chi connectivity index (χ1) is 14.0. The highest BCUT2D eigenvalue weighted by molar-refractivity contribution is 6.11. The zero-order valence-electron chi connectivity index (χ0n) is 15.2. The van der Waals surface area contributed by atoms with Crippen LogP contribution >= 0.6 is 0 Å². The van der Waals surface area contributed by atoms with E-state index in [4.69, 9.17) is 0 Å². The molecule has 3 aromatic rings. The van der Waals surface area contributed by atoms with E-state index in [-0.39, 0.29) is 5.82 Å². The van der Waals surface area contributed by atoms with Crippen LogP contribution < -0.4 is 10.6 Å². The Hall–Kier alpha value is -3.75. The van der Waals surface area contributed by atoms with E-state index in [1.807, 2.05) is 24.3 Å². The Kier molecular flexibility index (Phi) is 3.67. The van der Waals surface area contributed by atoms with Gasteiger partial charge in [0.1, 0.15) is 17.9 Å². The van der Waals surface area contributed by atoms with Crippen molar-refractivity contribution in [3.8, 4) is 0 Å². The first kappa shape index (κ1) is 17.4. The van der Waals surface area contributed by atoms with Gasteiger partial charge in [0, 0.05) is 5.39 Å². The lowest BCUT2D eigenvalue weighted by molar-refractivity contribution is -0.134. The fourth-order valence-electron chi connectivity index (χ4n) is 4.14. The topological polar surface area (TPSA) is 107 Å². The van der Waals surface area contributed by atoms with Gasteiger partial charge in [-0.1, -0.05) is 24.3 Å². The fraction of sp³-hybridized carbons (Fsp3) is 0.200. The molecule has 1 aliphatic carbocycles. The van der Waals surface area contributed by atoms with E-state index < -0.39 is 35.7 Å². The second-order valence-electron chi connectivity index (χ2n) is 7.19. The predicted molar refractivity (Wildman–Crippen MR) is 101 cm³/mol. The van der Waals surface area contributed by atoms with Gasteiger partial charge in [0.15, 0.2) is 5.82 Å². The standard InChI is InChI=1S/C20H16FN5O3/c21-12-5-6-13-15(9-12)24-25-17(13)22-16(27)10-26-18(28)20(23-19(26)29)8-7-11-3-1-2-4-14(11)20/h1-6,9H,7-8,10H2,(H,23,29)(H2,22,24,25,27). The van der Waals surface area contributed by atoms with Crippen LogP contribution in [0.5, 0.6) is 0 Å². The second kappa shape index (κ2) is 6.13. The minimum atomic E-state index is -1.11. The minimum absolute atomic E-state index is 0.206. The number of benzene rings is 2. The number of urea groups is 1. The van der Waals surface area contributed by atoms with Crippen LogP contribution in [0.3, 0.4) is 0 Å². The first-order valence-corrected chi connectivity index (χ1v) is 9.14. The van der Waals surface area contributed by atoms with E-state index in [2.05, 4.69) is 20.8 Å². The Morgan fingerprint density at radius 1 is 1.24 bits per heavy atom. The molecule has 29 heavy (non-hydrogen) atoms. The maximum atomic E-state index is 13.3. The fourth-order valence-corrected chi connectivity index (χ4v) is 4.14. The number of hydrogen-bond acceptors (Lipinski definition) is 4. The third-order valence-electron chi connectivity index (χ3n) is 5.51. The molecular weight excluding hydrogens is 377 g/mol. The Balaban J connectivity index is 1.36. The summed E-state index contributed by atoms with van der Waals surface area (Å²) in [4.78, 5) is 39.0. The summed E-state index contributed by atoms with van der Waals surface area (Å²) in [7, 11) is 0. The van der Waals surface area contributed by atoms with E-state index in [0.717, 1.165) is 16.0 Å². The van der Waals surface area contributed by atoms with Gasteiger partial charge in [0.2, 0.25) is 5.91 Å². The number of hydrogen-bond donors (Lipinski definition) is 3. The molecule has 2 aromatic carbocycles. The summed E-state index contributed by atoms with van der Waals surface area (Å²) in [6.45, 7) is -0.440. The van der Waals surface area contributed by atoms with E-state index in [9.17, 15) is 18.8 Å². The van der Waals surface area contributed by atoms with Gasteiger partial charge in [-0.05, 0) is 42.2 Å². The number of aromatic nitrogens is 2. The van der Waals surface area contributed by atoms with Crippen molar-refractivity contribution < 1.29 is 18.8 Å². The third-order valence-corrected chi connectivity index (χ3v) is 5.51. The smallest absolute Gasteiger partial charge is 0.319 e. The summed E-state index contributed by atoms with van der Waals surface area (Å²) in [6, 6.07) is 10.9. The van der Waals surface area contributed by atoms with E-state index in [1.54, 1.807) is 0 Å². The molecule has 5 rings (SSSR count). The van der Waals surface area contributed by atoms with Crippen molar-refractivity contribution in [3.63, 3.8) is 0 Å². The second-order valence-corrected chi connectivity index (χ2v) is 7.19. The molecule has 1 saturated heterocycles. The van der Waals surface area contributed by atoms with Gasteiger partial charge >= 0.3 is 6.03 Å². The number of nitrogens with zero attached hydrogens (tertiary/aromatic N) is 2. The van der Waals surface area contributed by atoms with Gasteiger partial charge in [0.05, 0.1) is 5.52 Å². The summed E-state index contributed by atoms with van der Waals surface area (Å²) in [5.74, 6) is -1.23. The summed E-state index contributed by atoms with van der Waals surface area (Å²) in [5, 5.41) is 12.5. The Labute approximate surface area is 164 Å². The van der Waals surface area contributed by atoms with Crippen molar-refractivity contribution in [1.29, 1.82) is 0 Å². The highest BCUT2D eigenvalue weighted by Crippen LogP contribution is 2.41. The highest BCUT2D eigenvalue weighted by atomic mass is 19.1. The number of nitrogens with one attached hydrogen (secondary N) is 3. The van der Waals surface area contributed by atoms with Crippen LogP contribution in [0, 0.1) is 5.82 Å². The molecule has 1 unspecified atom stereocenters. The molecule has 0 radical (unpaired) electrons. The number of rotatable bonds is 3. The van der Waals surface area contributed by atoms with Crippen LogP contribution in [0.15, 0.2) is 42.5 Å². The summed E-state index contributed by atoms with van der Waals surface area (Å²) in [6.07, 6.45) is 1.14. The normalized spacial score (nSPS) is 20.4. The molecular formula is C20H16FN5O3. The summed E-state index contributed by atoms with van der Waals surface area (Å²) >= 11 is 0. The van der Waals surface area contributed by atoms with Gasteiger partial charge in [-0.25, -0.2) is 9.18 Å². The van der Waals surface area contributed by atoms with E-state index in [1.165, 1.54) is 18.2 Å². The number of halogens is 1. The maximum Gasteiger partial charge on any atom is 0.325 e. The first-order valence-electron chi connectivity index (χ1n) is 9.14. The molecule has 1 aliphatic heterocycles. The Bertz CT molecular complexity index is 1190. The number of anilines is 1. The van der Waals surface area contributed by atoms with Crippen molar-refractivity contribution in [2.45, 2.75) is 18.4 Å². The maximum absolute atomic E-state index is 13.3. The molecule has 2 aliphatic rings.